The van der Waals surface area contributed by atoms with Gasteiger partial charge in [-0.25, -0.2) is 0 Å². The molecule has 0 atom stereocenters. The van der Waals surface area contributed by atoms with Crippen LogP contribution in [0, 0.1) is 0 Å². The lowest BCUT2D eigenvalue weighted by atomic mass is 10.3. The van der Waals surface area contributed by atoms with Crippen molar-refractivity contribution in [1.29, 1.82) is 0 Å². The van der Waals surface area contributed by atoms with Crippen LogP contribution in [0.5, 0.6) is 5.75 Å². The van der Waals surface area contributed by atoms with Crippen molar-refractivity contribution < 1.29 is 9.53 Å². The maximum absolute atomic E-state index is 9.94. The van der Waals surface area contributed by atoms with Gasteiger partial charge in [-0.05, 0) is 12.1 Å². The highest BCUT2D eigenvalue weighted by atomic mass is 32.1. The molecule has 1 rings (SSSR count). The molecule has 0 bridgehead atoms. The molecule has 0 fully saturated rings. The first-order valence-electron chi connectivity index (χ1n) is 3.19. The third-order valence-corrected chi connectivity index (χ3v) is 1.54. The summed E-state index contributed by atoms with van der Waals surface area (Å²) in [5, 5.41) is 0. The predicted octanol–water partition coefficient (Wildman–Crippen LogP) is 1.55. The summed E-state index contributed by atoms with van der Waals surface area (Å²) in [6, 6.07) is 7.27. The van der Waals surface area contributed by atoms with E-state index in [4.69, 9.17) is 4.74 Å². The lowest BCUT2D eigenvalue weighted by Gasteiger charge is -2.03. The van der Waals surface area contributed by atoms with Gasteiger partial charge in [0.2, 0.25) is 0 Å². The van der Waals surface area contributed by atoms with Crippen LogP contribution in [-0.4, -0.2) is 12.9 Å². The number of para-hydroxylation sites is 1. The van der Waals surface area contributed by atoms with Gasteiger partial charge in [-0.3, -0.25) is 4.79 Å². The van der Waals surface area contributed by atoms with Crippen molar-refractivity contribution in [2.24, 2.45) is 0 Å². The molecule has 0 unspecified atom stereocenters. The van der Waals surface area contributed by atoms with Crippen molar-refractivity contribution in [1.82, 2.24) is 0 Å². The van der Waals surface area contributed by atoms with Gasteiger partial charge in [-0.1, -0.05) is 12.1 Å². The molecule has 58 valence electrons. The van der Waals surface area contributed by atoms with Crippen molar-refractivity contribution in [3.05, 3.63) is 24.3 Å². The fourth-order valence-electron chi connectivity index (χ4n) is 0.703. The minimum absolute atomic E-state index is 0.0809. The van der Waals surface area contributed by atoms with Crippen LogP contribution in [0.25, 0.3) is 0 Å². The average molecular weight is 168 g/mol. The van der Waals surface area contributed by atoms with E-state index in [1.165, 1.54) is 0 Å². The Morgan fingerprint density at radius 1 is 1.45 bits per heavy atom. The van der Waals surface area contributed by atoms with Crippen LogP contribution in [0.2, 0.25) is 0 Å². The van der Waals surface area contributed by atoms with Gasteiger partial charge in [0.15, 0.2) is 6.29 Å². The van der Waals surface area contributed by atoms with E-state index in [2.05, 4.69) is 12.6 Å². The van der Waals surface area contributed by atoms with Gasteiger partial charge < -0.3 is 4.74 Å². The Kier molecular flexibility index (Phi) is 2.98. The third-order valence-electron chi connectivity index (χ3n) is 1.17. The summed E-state index contributed by atoms with van der Waals surface area (Å²) >= 11 is 4.13. The van der Waals surface area contributed by atoms with Gasteiger partial charge in [0.25, 0.3) is 0 Å². The number of rotatable bonds is 3. The largest absolute Gasteiger partial charge is 0.485 e. The van der Waals surface area contributed by atoms with Gasteiger partial charge >= 0.3 is 0 Å². The Balaban J connectivity index is 2.69. The molecule has 0 N–H and O–H groups in total. The summed E-state index contributed by atoms with van der Waals surface area (Å²) < 4.78 is 5.04. The molecule has 0 saturated heterocycles. The first-order chi connectivity index (χ1) is 5.34. The summed E-state index contributed by atoms with van der Waals surface area (Å²) in [6.45, 7) is 0.0809. The van der Waals surface area contributed by atoms with Gasteiger partial charge in [0.05, 0.1) is 0 Å². The molecule has 0 heterocycles. The lowest BCUT2D eigenvalue weighted by molar-refractivity contribution is -0.109. The number of thiol groups is 1. The number of ether oxygens (including phenoxy) is 1. The maximum atomic E-state index is 9.94. The third kappa shape index (κ3) is 2.27. The number of hydrogen-bond acceptors (Lipinski definition) is 3. The summed E-state index contributed by atoms with van der Waals surface area (Å²) in [6.07, 6.45) is 0.709. The molecule has 3 heteroatoms. The van der Waals surface area contributed by atoms with E-state index in [0.29, 0.717) is 12.0 Å². The van der Waals surface area contributed by atoms with E-state index >= 15 is 0 Å². The summed E-state index contributed by atoms with van der Waals surface area (Å²) in [5.74, 6) is 0.642. The molecule has 11 heavy (non-hydrogen) atoms. The van der Waals surface area contributed by atoms with Crippen LogP contribution in [-0.2, 0) is 4.79 Å². The first-order valence-corrected chi connectivity index (χ1v) is 3.63. The van der Waals surface area contributed by atoms with Crippen LogP contribution < -0.4 is 4.74 Å². The Bertz CT molecular complexity index is 248. The average Bonchev–Trinajstić information content (AvgIpc) is 2.03. The summed E-state index contributed by atoms with van der Waals surface area (Å²) in [5.41, 5.74) is 0. The monoisotopic (exact) mass is 168 g/mol. The molecule has 0 amide bonds. The second-order valence-electron chi connectivity index (χ2n) is 1.95. The zero-order valence-electron chi connectivity index (χ0n) is 5.86. The molecule has 1 aromatic carbocycles. The predicted molar refractivity (Wildman–Crippen MR) is 45.3 cm³/mol. The summed E-state index contributed by atoms with van der Waals surface area (Å²) in [4.78, 5) is 10.7. The Labute approximate surface area is 70.6 Å². The number of carbonyl (C=O) groups is 1. The lowest BCUT2D eigenvalue weighted by Crippen LogP contribution is -1.97. The van der Waals surface area contributed by atoms with E-state index in [1.807, 2.05) is 18.2 Å². The highest BCUT2D eigenvalue weighted by molar-refractivity contribution is 7.80. The second-order valence-corrected chi connectivity index (χ2v) is 2.43. The van der Waals surface area contributed by atoms with Crippen molar-refractivity contribution in [3.8, 4) is 5.75 Å². The Morgan fingerprint density at radius 2 is 2.18 bits per heavy atom. The van der Waals surface area contributed by atoms with E-state index in [0.717, 1.165) is 4.90 Å². The second kappa shape index (κ2) is 4.03. The molecule has 0 aliphatic carbocycles. The zero-order valence-corrected chi connectivity index (χ0v) is 6.75. The van der Waals surface area contributed by atoms with Gasteiger partial charge in [0.1, 0.15) is 12.4 Å². The van der Waals surface area contributed by atoms with Crippen molar-refractivity contribution in [2.45, 2.75) is 4.90 Å². The highest BCUT2D eigenvalue weighted by Crippen LogP contribution is 2.20. The van der Waals surface area contributed by atoms with Crippen LogP contribution in [0.15, 0.2) is 29.2 Å². The van der Waals surface area contributed by atoms with Crippen molar-refractivity contribution in [3.63, 3.8) is 0 Å². The molecular formula is C8H8O2S. The standard InChI is InChI=1S/C8H8O2S/c9-5-6-10-7-3-1-2-4-8(7)11/h1-5,11H,6H2. The number of aldehydes is 1. The Hall–Kier alpha value is -0.960. The zero-order chi connectivity index (χ0) is 8.10. The molecule has 1 aromatic rings. The van der Waals surface area contributed by atoms with E-state index in [9.17, 15) is 4.79 Å². The molecule has 0 saturated carbocycles. The quantitative estimate of drug-likeness (QED) is 0.547. The van der Waals surface area contributed by atoms with Crippen molar-refractivity contribution in [2.75, 3.05) is 6.61 Å². The summed E-state index contributed by atoms with van der Waals surface area (Å²) in [7, 11) is 0. The van der Waals surface area contributed by atoms with Crippen LogP contribution >= 0.6 is 12.6 Å². The number of benzene rings is 1. The van der Waals surface area contributed by atoms with E-state index < -0.39 is 0 Å². The van der Waals surface area contributed by atoms with E-state index in [-0.39, 0.29) is 6.61 Å². The molecule has 0 radical (unpaired) electrons. The number of hydrogen-bond donors (Lipinski definition) is 1. The van der Waals surface area contributed by atoms with Gasteiger partial charge in [-0.2, -0.15) is 0 Å². The molecular weight excluding hydrogens is 160 g/mol. The molecule has 0 spiro atoms. The fourth-order valence-corrected chi connectivity index (χ4v) is 0.928. The normalized spacial score (nSPS) is 9.18. The molecule has 0 aliphatic rings. The van der Waals surface area contributed by atoms with Crippen LogP contribution in [0.4, 0.5) is 0 Å². The topological polar surface area (TPSA) is 26.3 Å². The Morgan fingerprint density at radius 3 is 2.82 bits per heavy atom. The van der Waals surface area contributed by atoms with Crippen LogP contribution in [0.3, 0.4) is 0 Å². The molecule has 0 aromatic heterocycles. The van der Waals surface area contributed by atoms with Gasteiger partial charge in [-0.15, -0.1) is 12.6 Å². The number of carbonyl (C=O) groups excluding carboxylic acids is 1. The highest BCUT2D eigenvalue weighted by Gasteiger charge is 1.95. The molecule has 0 aliphatic heterocycles. The van der Waals surface area contributed by atoms with Gasteiger partial charge in [0, 0.05) is 4.90 Å². The van der Waals surface area contributed by atoms with E-state index in [1.54, 1.807) is 6.07 Å². The fraction of sp³-hybridized carbons (Fsp3) is 0.125. The minimum Gasteiger partial charge on any atom is -0.485 e. The van der Waals surface area contributed by atoms with Crippen LogP contribution in [0.1, 0.15) is 0 Å². The maximum Gasteiger partial charge on any atom is 0.157 e. The molecule has 2 nitrogen and oxygen atoms in total. The SMILES string of the molecule is O=CCOc1ccccc1S. The minimum atomic E-state index is 0.0809. The van der Waals surface area contributed by atoms with Crippen molar-refractivity contribution >= 4 is 18.9 Å². The first kappa shape index (κ1) is 8.14. The smallest absolute Gasteiger partial charge is 0.157 e.